The van der Waals surface area contributed by atoms with Gasteiger partial charge in [0, 0.05) is 15.8 Å². The van der Waals surface area contributed by atoms with Crippen molar-refractivity contribution in [2.75, 3.05) is 0 Å². The Hall–Kier alpha value is -1.37. The highest BCUT2D eigenvalue weighted by Gasteiger charge is 2.21. The number of hydrogen-bond donors (Lipinski definition) is 1. The average Bonchev–Trinajstić information content (AvgIpc) is 2.73. The Morgan fingerprint density at radius 3 is 2.74 bits per heavy atom. The number of nitro groups is 1. The van der Waals surface area contributed by atoms with Crippen LogP contribution >= 0.6 is 23.1 Å². The van der Waals surface area contributed by atoms with Crippen LogP contribution in [-0.4, -0.2) is 10.0 Å². The number of thiophene rings is 1. The number of nitrogens with zero attached hydrogens (tertiary/aromatic N) is 1. The molecule has 2 rings (SSSR count). The van der Waals surface area contributed by atoms with Crippen LogP contribution in [0.4, 0.5) is 5.69 Å². The molecule has 4 nitrogen and oxygen atoms in total. The Morgan fingerprint density at radius 2 is 2.16 bits per heavy atom. The molecule has 6 heteroatoms. The molecule has 0 saturated heterocycles. The van der Waals surface area contributed by atoms with E-state index in [1.54, 1.807) is 6.92 Å². The summed E-state index contributed by atoms with van der Waals surface area (Å²) in [5, 5.41) is 20.6. The van der Waals surface area contributed by atoms with Gasteiger partial charge in [0.1, 0.15) is 4.21 Å². The van der Waals surface area contributed by atoms with Crippen LogP contribution in [0.2, 0.25) is 0 Å². The number of benzene rings is 1. The highest BCUT2D eigenvalue weighted by Crippen LogP contribution is 2.43. The molecule has 0 amide bonds. The normalized spacial score (nSPS) is 12.4. The molecular weight excluding hydrogens is 282 g/mol. The second-order valence-corrected chi connectivity index (χ2v) is 6.60. The molecule has 0 aliphatic rings. The topological polar surface area (TPSA) is 63.4 Å². The third-order valence-electron chi connectivity index (χ3n) is 2.51. The zero-order valence-electron chi connectivity index (χ0n) is 10.5. The number of hydrogen-bond acceptors (Lipinski definition) is 5. The van der Waals surface area contributed by atoms with E-state index < -0.39 is 11.0 Å². The smallest absolute Gasteiger partial charge is 0.294 e. The largest absolute Gasteiger partial charge is 0.388 e. The fraction of sp³-hybridized carbons (Fsp3) is 0.231. The summed E-state index contributed by atoms with van der Waals surface area (Å²) in [6.45, 7) is 3.59. The van der Waals surface area contributed by atoms with E-state index in [2.05, 4.69) is 0 Å². The molecule has 100 valence electrons. The monoisotopic (exact) mass is 295 g/mol. The van der Waals surface area contributed by atoms with Crippen molar-refractivity contribution in [3.8, 4) is 0 Å². The first-order chi connectivity index (χ1) is 8.97. The summed E-state index contributed by atoms with van der Waals surface area (Å²) in [6.07, 6.45) is -0.685. The molecule has 1 atom stereocenters. The predicted octanol–water partition coefficient (Wildman–Crippen LogP) is 4.17. The third-order valence-corrected chi connectivity index (χ3v) is 4.98. The number of aliphatic hydroxyl groups is 1. The fourth-order valence-electron chi connectivity index (χ4n) is 1.57. The lowest BCUT2D eigenvalue weighted by molar-refractivity contribution is -0.387. The number of rotatable bonds is 4. The van der Waals surface area contributed by atoms with Crippen LogP contribution in [0.1, 0.15) is 23.5 Å². The highest BCUT2D eigenvalue weighted by molar-refractivity contribution is 8.01. The summed E-state index contributed by atoms with van der Waals surface area (Å²) in [7, 11) is 0. The summed E-state index contributed by atoms with van der Waals surface area (Å²) >= 11 is 2.63. The third kappa shape index (κ3) is 3.34. The van der Waals surface area contributed by atoms with Crippen LogP contribution in [-0.2, 0) is 0 Å². The second kappa shape index (κ2) is 5.73. The summed E-state index contributed by atoms with van der Waals surface area (Å²) in [5.41, 5.74) is 1.17. The molecule has 1 aromatic carbocycles. The van der Waals surface area contributed by atoms with Gasteiger partial charge in [-0.05, 0) is 26.0 Å². The molecule has 2 aromatic rings. The Morgan fingerprint density at radius 1 is 1.42 bits per heavy atom. The molecule has 19 heavy (non-hydrogen) atoms. The van der Waals surface area contributed by atoms with E-state index in [1.807, 2.05) is 31.2 Å². The van der Waals surface area contributed by atoms with Crippen molar-refractivity contribution in [2.24, 2.45) is 0 Å². The SMILES string of the molecule is Cc1cccc(Sc2sc([C@@H](C)O)cc2[N+](=O)[O-])c1. The van der Waals surface area contributed by atoms with Gasteiger partial charge in [0.15, 0.2) is 0 Å². The molecule has 0 saturated carbocycles. The van der Waals surface area contributed by atoms with Crippen molar-refractivity contribution in [2.45, 2.75) is 29.1 Å². The fourth-order valence-corrected chi connectivity index (χ4v) is 3.96. The zero-order chi connectivity index (χ0) is 14.0. The molecule has 1 N–H and O–H groups in total. The first-order valence-electron chi connectivity index (χ1n) is 5.68. The molecule has 1 aromatic heterocycles. The summed E-state index contributed by atoms with van der Waals surface area (Å²) in [5.74, 6) is 0. The zero-order valence-corrected chi connectivity index (χ0v) is 12.1. The minimum absolute atomic E-state index is 0.0624. The first kappa shape index (κ1) is 14.0. The van der Waals surface area contributed by atoms with Gasteiger partial charge in [0.05, 0.1) is 11.0 Å². The molecule has 0 spiro atoms. The number of aryl methyl sites for hydroxylation is 1. The van der Waals surface area contributed by atoms with Crippen molar-refractivity contribution in [3.63, 3.8) is 0 Å². The van der Waals surface area contributed by atoms with E-state index >= 15 is 0 Å². The maximum atomic E-state index is 11.0. The Labute approximate surface area is 119 Å². The molecule has 0 aliphatic heterocycles. The molecular formula is C13H13NO3S2. The van der Waals surface area contributed by atoms with Crippen molar-refractivity contribution >= 4 is 28.8 Å². The van der Waals surface area contributed by atoms with Gasteiger partial charge in [-0.25, -0.2) is 0 Å². The summed E-state index contributed by atoms with van der Waals surface area (Å²) in [4.78, 5) is 12.2. The quantitative estimate of drug-likeness (QED) is 0.679. The molecule has 0 unspecified atom stereocenters. The molecule has 1 heterocycles. The Balaban J connectivity index is 2.36. The van der Waals surface area contributed by atoms with E-state index in [1.165, 1.54) is 29.2 Å². The summed E-state index contributed by atoms with van der Waals surface area (Å²) in [6, 6.07) is 9.26. The van der Waals surface area contributed by atoms with E-state index in [4.69, 9.17) is 0 Å². The maximum absolute atomic E-state index is 11.0. The van der Waals surface area contributed by atoms with Crippen LogP contribution in [0.3, 0.4) is 0 Å². The Bertz CT molecular complexity index is 608. The van der Waals surface area contributed by atoms with Gasteiger partial charge in [0.25, 0.3) is 5.69 Å². The maximum Gasteiger partial charge on any atom is 0.294 e. The average molecular weight is 295 g/mol. The van der Waals surface area contributed by atoms with Gasteiger partial charge in [-0.2, -0.15) is 0 Å². The molecule has 0 fully saturated rings. The number of aliphatic hydroxyl groups excluding tert-OH is 1. The lowest BCUT2D eigenvalue weighted by Crippen LogP contribution is -1.87. The summed E-state index contributed by atoms with van der Waals surface area (Å²) < 4.78 is 0.603. The van der Waals surface area contributed by atoms with Crippen molar-refractivity contribution < 1.29 is 10.0 Å². The van der Waals surface area contributed by atoms with Crippen molar-refractivity contribution in [3.05, 3.63) is 50.9 Å². The van der Waals surface area contributed by atoms with E-state index in [0.717, 1.165) is 10.5 Å². The van der Waals surface area contributed by atoms with Gasteiger partial charge in [-0.1, -0.05) is 29.5 Å². The molecule has 0 aliphatic carbocycles. The lowest BCUT2D eigenvalue weighted by atomic mass is 10.2. The van der Waals surface area contributed by atoms with E-state index in [9.17, 15) is 15.2 Å². The first-order valence-corrected chi connectivity index (χ1v) is 7.31. The van der Waals surface area contributed by atoms with Crippen molar-refractivity contribution in [1.29, 1.82) is 0 Å². The Kier molecular flexibility index (Phi) is 4.24. The second-order valence-electron chi connectivity index (χ2n) is 4.17. The molecule has 0 bridgehead atoms. The van der Waals surface area contributed by atoms with Crippen LogP contribution < -0.4 is 0 Å². The van der Waals surface area contributed by atoms with Crippen molar-refractivity contribution in [1.82, 2.24) is 0 Å². The van der Waals surface area contributed by atoms with E-state index in [-0.39, 0.29) is 5.69 Å². The van der Waals surface area contributed by atoms with Crippen LogP contribution in [0, 0.1) is 17.0 Å². The van der Waals surface area contributed by atoms with E-state index in [0.29, 0.717) is 9.09 Å². The van der Waals surface area contributed by atoms with Gasteiger partial charge in [-0.15, -0.1) is 11.3 Å². The minimum Gasteiger partial charge on any atom is -0.388 e. The highest BCUT2D eigenvalue weighted by atomic mass is 32.2. The van der Waals surface area contributed by atoms with Crippen LogP contribution in [0.5, 0.6) is 0 Å². The van der Waals surface area contributed by atoms with Crippen LogP contribution in [0.15, 0.2) is 39.4 Å². The standard InChI is InChI=1S/C13H13NO3S2/c1-8-4-3-5-10(6-8)18-13-11(14(16)17)7-12(19-13)9(2)15/h3-7,9,15H,1-2H3/t9-/m1/s1. The minimum atomic E-state index is -0.685. The van der Waals surface area contributed by atoms with Gasteiger partial charge < -0.3 is 5.11 Å². The van der Waals surface area contributed by atoms with Gasteiger partial charge in [0.2, 0.25) is 0 Å². The lowest BCUT2D eigenvalue weighted by Gasteiger charge is -2.00. The van der Waals surface area contributed by atoms with Gasteiger partial charge in [-0.3, -0.25) is 10.1 Å². The van der Waals surface area contributed by atoms with Gasteiger partial charge >= 0.3 is 0 Å². The molecule has 0 radical (unpaired) electrons. The van der Waals surface area contributed by atoms with Crippen LogP contribution in [0.25, 0.3) is 0 Å². The predicted molar refractivity (Wildman–Crippen MR) is 76.9 cm³/mol.